The van der Waals surface area contributed by atoms with Crippen molar-refractivity contribution < 1.29 is 19.3 Å². The summed E-state index contributed by atoms with van der Waals surface area (Å²) < 4.78 is 0. The van der Waals surface area contributed by atoms with Crippen LogP contribution in [0.2, 0.25) is 0 Å². The standard InChI is InChI=1S/C25H25N5O5/c1-2-29(15-14-23(31)28-20-11-8-17(9-12-20)24(26)32)25(33)18-10-13-21(22(16-18)30(34)35)27-19-6-4-3-5-7-19/h3-13,16,27H,2,14-15H2,1H3,(H2,26,32)(H,28,31). The third-order valence-electron chi connectivity index (χ3n) is 5.23. The lowest BCUT2D eigenvalue weighted by atomic mass is 10.1. The molecule has 0 aliphatic rings. The van der Waals surface area contributed by atoms with Crippen LogP contribution in [0.1, 0.15) is 34.1 Å². The van der Waals surface area contributed by atoms with E-state index in [0.29, 0.717) is 23.5 Å². The van der Waals surface area contributed by atoms with Gasteiger partial charge in [-0.15, -0.1) is 0 Å². The lowest BCUT2D eigenvalue weighted by Crippen LogP contribution is -2.33. The first kappa shape index (κ1) is 24.9. The molecule has 0 aliphatic carbocycles. The molecular weight excluding hydrogens is 450 g/mol. The summed E-state index contributed by atoms with van der Waals surface area (Å²) in [5, 5.41) is 17.3. The molecule has 10 heteroatoms. The highest BCUT2D eigenvalue weighted by Gasteiger charge is 2.21. The van der Waals surface area contributed by atoms with Crippen LogP contribution < -0.4 is 16.4 Å². The van der Waals surface area contributed by atoms with Gasteiger partial charge in [0.2, 0.25) is 11.8 Å². The van der Waals surface area contributed by atoms with Gasteiger partial charge in [0.05, 0.1) is 4.92 Å². The second kappa shape index (κ2) is 11.4. The van der Waals surface area contributed by atoms with Crippen LogP contribution in [-0.2, 0) is 4.79 Å². The summed E-state index contributed by atoms with van der Waals surface area (Å²) in [6.07, 6.45) is 0.0207. The quantitative estimate of drug-likeness (QED) is 0.299. The summed E-state index contributed by atoms with van der Waals surface area (Å²) in [5.74, 6) is -1.30. The molecule has 0 bridgehead atoms. The lowest BCUT2D eigenvalue weighted by Gasteiger charge is -2.21. The topological polar surface area (TPSA) is 148 Å². The second-order valence-electron chi connectivity index (χ2n) is 7.60. The minimum absolute atomic E-state index is 0.0207. The number of rotatable bonds is 10. The van der Waals surface area contributed by atoms with Gasteiger partial charge in [-0.25, -0.2) is 0 Å². The van der Waals surface area contributed by atoms with E-state index >= 15 is 0 Å². The van der Waals surface area contributed by atoms with Crippen LogP contribution in [0.5, 0.6) is 0 Å². The van der Waals surface area contributed by atoms with Crippen LogP contribution in [0.4, 0.5) is 22.7 Å². The Labute approximate surface area is 201 Å². The van der Waals surface area contributed by atoms with E-state index in [-0.39, 0.29) is 35.8 Å². The highest BCUT2D eigenvalue weighted by molar-refractivity contribution is 5.97. The van der Waals surface area contributed by atoms with Crippen LogP contribution in [0, 0.1) is 10.1 Å². The predicted octanol–water partition coefficient (Wildman–Crippen LogP) is 3.93. The maximum Gasteiger partial charge on any atom is 0.293 e. The normalized spacial score (nSPS) is 10.3. The Bertz CT molecular complexity index is 1230. The molecule has 0 radical (unpaired) electrons. The van der Waals surface area contributed by atoms with E-state index in [9.17, 15) is 24.5 Å². The third-order valence-corrected chi connectivity index (χ3v) is 5.23. The van der Waals surface area contributed by atoms with Gasteiger partial charge in [-0.1, -0.05) is 18.2 Å². The lowest BCUT2D eigenvalue weighted by molar-refractivity contribution is -0.383. The summed E-state index contributed by atoms with van der Waals surface area (Å²) in [4.78, 5) is 49.0. The molecule has 4 N–H and O–H groups in total. The van der Waals surface area contributed by atoms with Crippen LogP contribution in [0.15, 0.2) is 72.8 Å². The Hall–Kier alpha value is -4.73. The average Bonchev–Trinajstić information content (AvgIpc) is 2.85. The molecule has 3 aromatic rings. The fourth-order valence-electron chi connectivity index (χ4n) is 3.36. The van der Waals surface area contributed by atoms with Crippen molar-refractivity contribution in [3.63, 3.8) is 0 Å². The first-order chi connectivity index (χ1) is 16.8. The van der Waals surface area contributed by atoms with Gasteiger partial charge in [-0.05, 0) is 55.5 Å². The second-order valence-corrected chi connectivity index (χ2v) is 7.60. The molecule has 0 spiro atoms. The first-order valence-electron chi connectivity index (χ1n) is 10.9. The van der Waals surface area contributed by atoms with E-state index in [4.69, 9.17) is 5.73 Å². The molecule has 0 aromatic heterocycles. The van der Waals surface area contributed by atoms with Gasteiger partial charge in [-0.3, -0.25) is 24.5 Å². The van der Waals surface area contributed by atoms with Gasteiger partial charge in [0.1, 0.15) is 5.69 Å². The number of amides is 3. The summed E-state index contributed by atoms with van der Waals surface area (Å²) in [6, 6.07) is 19.4. The average molecular weight is 476 g/mol. The van der Waals surface area contributed by atoms with Crippen molar-refractivity contribution in [1.29, 1.82) is 0 Å². The highest BCUT2D eigenvalue weighted by atomic mass is 16.6. The zero-order valence-electron chi connectivity index (χ0n) is 19.1. The zero-order valence-corrected chi connectivity index (χ0v) is 19.1. The number of nitro groups is 1. The number of para-hydroxylation sites is 1. The minimum atomic E-state index is -0.566. The maximum absolute atomic E-state index is 13.0. The number of nitrogens with zero attached hydrogens (tertiary/aromatic N) is 2. The smallest absolute Gasteiger partial charge is 0.293 e. The molecule has 0 fully saturated rings. The Morgan fingerprint density at radius 3 is 2.20 bits per heavy atom. The molecule has 3 aromatic carbocycles. The fraction of sp³-hybridized carbons (Fsp3) is 0.160. The SMILES string of the molecule is CCN(CCC(=O)Nc1ccc(C(N)=O)cc1)C(=O)c1ccc(Nc2ccccc2)c([N+](=O)[O-])c1. The van der Waals surface area contributed by atoms with Crippen molar-refractivity contribution in [2.45, 2.75) is 13.3 Å². The number of hydrogen-bond acceptors (Lipinski definition) is 6. The number of hydrogen-bond donors (Lipinski definition) is 3. The van der Waals surface area contributed by atoms with E-state index < -0.39 is 16.7 Å². The molecule has 0 unspecified atom stereocenters. The monoisotopic (exact) mass is 475 g/mol. The summed E-state index contributed by atoms with van der Waals surface area (Å²) >= 11 is 0. The molecule has 0 aliphatic heterocycles. The van der Waals surface area contributed by atoms with Crippen molar-refractivity contribution in [1.82, 2.24) is 4.90 Å². The number of nitrogens with one attached hydrogen (secondary N) is 2. The largest absolute Gasteiger partial charge is 0.366 e. The number of primary amides is 1. The van der Waals surface area contributed by atoms with Crippen molar-refractivity contribution in [3.05, 3.63) is 94.0 Å². The van der Waals surface area contributed by atoms with E-state index in [0.717, 1.165) is 0 Å². The fourth-order valence-corrected chi connectivity index (χ4v) is 3.36. The Balaban J connectivity index is 1.66. The molecule has 35 heavy (non-hydrogen) atoms. The summed E-state index contributed by atoms with van der Waals surface area (Å²) in [6.45, 7) is 2.20. The van der Waals surface area contributed by atoms with Crippen LogP contribution in [-0.4, -0.2) is 40.6 Å². The Kier molecular flexibility index (Phi) is 8.12. The molecule has 0 heterocycles. The van der Waals surface area contributed by atoms with E-state index in [1.807, 2.05) is 6.07 Å². The molecule has 0 atom stereocenters. The molecule has 3 amide bonds. The zero-order chi connectivity index (χ0) is 25.4. The number of nitro benzene ring substituents is 1. The van der Waals surface area contributed by atoms with E-state index in [1.165, 1.54) is 35.2 Å². The molecule has 180 valence electrons. The van der Waals surface area contributed by atoms with Crippen LogP contribution in [0.3, 0.4) is 0 Å². The molecule has 10 nitrogen and oxygen atoms in total. The van der Waals surface area contributed by atoms with Gasteiger partial charge in [-0.2, -0.15) is 0 Å². The molecule has 0 saturated carbocycles. The Morgan fingerprint density at radius 1 is 0.943 bits per heavy atom. The molecule has 3 rings (SSSR count). The Morgan fingerprint density at radius 2 is 1.60 bits per heavy atom. The van der Waals surface area contributed by atoms with Crippen molar-refractivity contribution in [3.8, 4) is 0 Å². The minimum Gasteiger partial charge on any atom is -0.366 e. The number of carbonyl (C=O) groups excluding carboxylic acids is 3. The summed E-state index contributed by atoms with van der Waals surface area (Å²) in [7, 11) is 0. The van der Waals surface area contributed by atoms with Crippen molar-refractivity contribution in [2.24, 2.45) is 5.73 Å². The number of carbonyl (C=O) groups is 3. The van der Waals surface area contributed by atoms with Gasteiger partial charge >= 0.3 is 0 Å². The van der Waals surface area contributed by atoms with Gasteiger partial charge < -0.3 is 21.3 Å². The third kappa shape index (κ3) is 6.64. The van der Waals surface area contributed by atoms with E-state index in [2.05, 4.69) is 10.6 Å². The van der Waals surface area contributed by atoms with Crippen molar-refractivity contribution >= 4 is 40.5 Å². The van der Waals surface area contributed by atoms with Crippen molar-refractivity contribution in [2.75, 3.05) is 23.7 Å². The summed E-state index contributed by atoms with van der Waals surface area (Å²) in [5.41, 5.74) is 6.89. The predicted molar refractivity (Wildman–Crippen MR) is 133 cm³/mol. The van der Waals surface area contributed by atoms with Gasteiger partial charge in [0.15, 0.2) is 0 Å². The first-order valence-corrected chi connectivity index (χ1v) is 10.9. The maximum atomic E-state index is 13.0. The number of anilines is 3. The van der Waals surface area contributed by atoms with Gasteiger partial charge in [0, 0.05) is 48.1 Å². The van der Waals surface area contributed by atoms with Crippen LogP contribution >= 0.6 is 0 Å². The highest BCUT2D eigenvalue weighted by Crippen LogP contribution is 2.29. The number of benzene rings is 3. The molecule has 0 saturated heterocycles. The van der Waals surface area contributed by atoms with Gasteiger partial charge in [0.25, 0.3) is 11.6 Å². The van der Waals surface area contributed by atoms with E-state index in [1.54, 1.807) is 43.3 Å². The molecular formula is C25H25N5O5. The number of nitrogens with two attached hydrogens (primary N) is 1. The van der Waals surface area contributed by atoms with Crippen LogP contribution in [0.25, 0.3) is 0 Å².